The fourth-order valence-electron chi connectivity index (χ4n) is 4.27. The van der Waals surface area contributed by atoms with Crippen LogP contribution in [0.3, 0.4) is 0 Å². The highest BCUT2D eigenvalue weighted by atomic mass is 79.9. The van der Waals surface area contributed by atoms with Crippen molar-refractivity contribution < 1.29 is 19.5 Å². The number of carbonyl (C=O) groups excluding carboxylic acids is 2. The van der Waals surface area contributed by atoms with Crippen molar-refractivity contribution in [2.24, 2.45) is 23.7 Å². The minimum absolute atomic E-state index is 0.121. The third-order valence-corrected chi connectivity index (χ3v) is 9.06. The normalized spacial score (nSPS) is 41.1. The number of aliphatic carboxylic acids is 1. The van der Waals surface area contributed by atoms with Crippen LogP contribution in [-0.4, -0.2) is 55.5 Å². The van der Waals surface area contributed by atoms with Gasteiger partial charge in [-0.2, -0.15) is 11.8 Å². The predicted molar refractivity (Wildman–Crippen MR) is 90.3 cm³/mol. The van der Waals surface area contributed by atoms with Crippen molar-refractivity contribution >= 4 is 61.4 Å². The maximum absolute atomic E-state index is 12.7. The summed E-state index contributed by atoms with van der Waals surface area (Å²) in [5.74, 6) is -1.47. The van der Waals surface area contributed by atoms with Gasteiger partial charge in [-0.05, 0) is 36.7 Å². The van der Waals surface area contributed by atoms with Gasteiger partial charge in [0.15, 0.2) is 0 Å². The van der Waals surface area contributed by atoms with E-state index in [1.807, 2.05) is 6.26 Å². The van der Waals surface area contributed by atoms with Crippen LogP contribution < -0.4 is 0 Å². The zero-order valence-corrected chi connectivity index (χ0v) is 15.9. The largest absolute Gasteiger partial charge is 0.480 e. The quantitative estimate of drug-likeness (QED) is 0.507. The first kappa shape index (κ1) is 16.8. The molecule has 0 aromatic rings. The van der Waals surface area contributed by atoms with E-state index < -0.39 is 12.0 Å². The molecule has 22 heavy (non-hydrogen) atoms. The van der Waals surface area contributed by atoms with Gasteiger partial charge in [0, 0.05) is 9.65 Å². The van der Waals surface area contributed by atoms with Crippen molar-refractivity contribution in [3.63, 3.8) is 0 Å². The molecule has 0 aromatic heterocycles. The summed E-state index contributed by atoms with van der Waals surface area (Å²) in [7, 11) is 0. The number of rotatable bonds is 5. The molecule has 0 unspecified atom stereocenters. The summed E-state index contributed by atoms with van der Waals surface area (Å²) < 4.78 is 0. The van der Waals surface area contributed by atoms with Crippen molar-refractivity contribution in [3.8, 4) is 0 Å². The Bertz CT molecular complexity index is 499. The Kier molecular flexibility index (Phi) is 4.64. The zero-order valence-electron chi connectivity index (χ0n) is 11.9. The monoisotopic (exact) mass is 453 g/mol. The second-order valence-electron chi connectivity index (χ2n) is 6.19. The van der Waals surface area contributed by atoms with Crippen molar-refractivity contribution in [2.45, 2.75) is 28.5 Å². The number of carboxylic acid groups (broad SMARTS) is 1. The molecule has 1 aliphatic heterocycles. The Morgan fingerprint density at radius 2 is 1.77 bits per heavy atom. The van der Waals surface area contributed by atoms with Gasteiger partial charge in [-0.25, -0.2) is 4.79 Å². The zero-order chi connectivity index (χ0) is 16.2. The van der Waals surface area contributed by atoms with Crippen LogP contribution in [0, 0.1) is 23.7 Å². The smallest absolute Gasteiger partial charge is 0.326 e. The van der Waals surface area contributed by atoms with E-state index in [1.54, 1.807) is 0 Å². The summed E-state index contributed by atoms with van der Waals surface area (Å²) >= 11 is 8.76. The van der Waals surface area contributed by atoms with Crippen LogP contribution >= 0.6 is 43.6 Å². The van der Waals surface area contributed by atoms with Gasteiger partial charge in [0.05, 0.1) is 11.8 Å². The van der Waals surface area contributed by atoms with Crippen LogP contribution in [0.15, 0.2) is 0 Å². The summed E-state index contributed by atoms with van der Waals surface area (Å²) in [4.78, 5) is 38.4. The van der Waals surface area contributed by atoms with Crippen molar-refractivity contribution in [1.82, 2.24) is 4.90 Å². The molecule has 3 fully saturated rings. The highest BCUT2D eigenvalue weighted by Crippen LogP contribution is 2.60. The molecular formula is C14H17Br2NO4S. The summed E-state index contributed by atoms with van der Waals surface area (Å²) in [5.41, 5.74) is 0. The number of thioether (sulfide) groups is 1. The Morgan fingerprint density at radius 3 is 2.18 bits per heavy atom. The van der Waals surface area contributed by atoms with Crippen LogP contribution in [0.5, 0.6) is 0 Å². The number of carboxylic acids is 1. The molecule has 122 valence electrons. The average Bonchev–Trinajstić information content (AvgIpc) is 3.06. The van der Waals surface area contributed by atoms with E-state index in [0.29, 0.717) is 12.2 Å². The van der Waals surface area contributed by atoms with E-state index in [9.17, 15) is 19.5 Å². The first-order valence-electron chi connectivity index (χ1n) is 7.27. The summed E-state index contributed by atoms with van der Waals surface area (Å²) in [6.45, 7) is 0. The van der Waals surface area contributed by atoms with Crippen LogP contribution in [0.4, 0.5) is 0 Å². The second kappa shape index (κ2) is 6.09. The molecule has 5 nitrogen and oxygen atoms in total. The number of hydrogen-bond acceptors (Lipinski definition) is 4. The molecule has 2 aliphatic carbocycles. The lowest BCUT2D eigenvalue weighted by atomic mass is 9.81. The lowest BCUT2D eigenvalue weighted by molar-refractivity contribution is -0.155. The number of carbonyl (C=O) groups is 3. The first-order chi connectivity index (χ1) is 10.4. The molecule has 3 rings (SSSR count). The van der Waals surface area contributed by atoms with Gasteiger partial charge in [0.25, 0.3) is 0 Å². The summed E-state index contributed by atoms with van der Waals surface area (Å²) in [6.07, 6.45) is 3.04. The Morgan fingerprint density at radius 1 is 1.27 bits per heavy atom. The van der Waals surface area contributed by atoms with Crippen molar-refractivity contribution in [3.05, 3.63) is 0 Å². The Hall–Kier alpha value is -0.0800. The van der Waals surface area contributed by atoms with Gasteiger partial charge in [-0.3, -0.25) is 14.5 Å². The molecule has 0 radical (unpaired) electrons. The van der Waals surface area contributed by atoms with Gasteiger partial charge in [-0.15, -0.1) is 0 Å². The molecule has 7 atom stereocenters. The molecule has 1 saturated heterocycles. The molecule has 3 aliphatic rings. The molecule has 8 heteroatoms. The van der Waals surface area contributed by atoms with Gasteiger partial charge in [-0.1, -0.05) is 31.9 Å². The van der Waals surface area contributed by atoms with Crippen LogP contribution in [0.25, 0.3) is 0 Å². The number of likely N-dealkylation sites (tertiary alicyclic amines) is 1. The number of imide groups is 1. The number of fused-ring (bicyclic) bond motifs is 5. The predicted octanol–water partition coefficient (Wildman–Crippen LogP) is 1.97. The van der Waals surface area contributed by atoms with Crippen LogP contribution in [0.1, 0.15) is 12.8 Å². The molecule has 2 amide bonds. The van der Waals surface area contributed by atoms with Gasteiger partial charge >= 0.3 is 5.97 Å². The molecule has 2 saturated carbocycles. The number of alkyl halides is 2. The number of amides is 2. The maximum atomic E-state index is 12.7. The molecule has 1 heterocycles. The highest BCUT2D eigenvalue weighted by Gasteiger charge is 2.67. The van der Waals surface area contributed by atoms with Gasteiger partial charge < -0.3 is 5.11 Å². The number of nitrogens with zero attached hydrogens (tertiary/aromatic N) is 1. The van der Waals surface area contributed by atoms with E-state index in [2.05, 4.69) is 31.9 Å². The first-order valence-corrected chi connectivity index (χ1v) is 10.5. The van der Waals surface area contributed by atoms with Gasteiger partial charge in [0.2, 0.25) is 11.8 Å². The van der Waals surface area contributed by atoms with E-state index in [-0.39, 0.29) is 45.1 Å². The lowest BCUT2D eigenvalue weighted by Crippen LogP contribution is -2.46. The standard InChI is InChI=1S/C14H17Br2NO4S/c1-22-3-2-7(14(20)21)17-12(18)8-5-4-6(9(8)13(17)19)11(16)10(5)15/h5-11H,2-4H2,1H3,(H,20,21)/t5-,6+,7-,8+,9-,10+,11-/m1/s1. The lowest BCUT2D eigenvalue weighted by Gasteiger charge is -2.28. The van der Waals surface area contributed by atoms with Crippen LogP contribution in [0.2, 0.25) is 0 Å². The van der Waals surface area contributed by atoms with E-state index in [0.717, 1.165) is 11.3 Å². The van der Waals surface area contributed by atoms with Crippen LogP contribution in [-0.2, 0) is 14.4 Å². The number of hydrogen-bond donors (Lipinski definition) is 1. The average molecular weight is 455 g/mol. The van der Waals surface area contributed by atoms with E-state index in [1.165, 1.54) is 11.8 Å². The number of halogens is 2. The summed E-state index contributed by atoms with van der Waals surface area (Å²) in [5, 5.41) is 9.44. The van der Waals surface area contributed by atoms with Crippen molar-refractivity contribution in [2.75, 3.05) is 12.0 Å². The minimum atomic E-state index is -1.09. The Balaban J connectivity index is 1.88. The fraction of sp³-hybridized carbons (Fsp3) is 0.786. The Labute approximate surface area is 149 Å². The van der Waals surface area contributed by atoms with E-state index >= 15 is 0 Å². The minimum Gasteiger partial charge on any atom is -0.480 e. The third kappa shape index (κ3) is 2.28. The second-order valence-corrected chi connectivity index (χ2v) is 9.29. The maximum Gasteiger partial charge on any atom is 0.326 e. The fourth-order valence-corrected chi connectivity index (χ4v) is 6.60. The molecular weight excluding hydrogens is 438 g/mol. The molecule has 0 aromatic carbocycles. The molecule has 1 N–H and O–H groups in total. The van der Waals surface area contributed by atoms with Crippen molar-refractivity contribution in [1.29, 1.82) is 0 Å². The third-order valence-electron chi connectivity index (χ3n) is 5.21. The topological polar surface area (TPSA) is 74.7 Å². The van der Waals surface area contributed by atoms with Gasteiger partial charge in [0.1, 0.15) is 6.04 Å². The van der Waals surface area contributed by atoms with E-state index in [4.69, 9.17) is 0 Å². The molecule has 0 spiro atoms. The summed E-state index contributed by atoms with van der Waals surface area (Å²) in [6, 6.07) is -1.03. The highest BCUT2D eigenvalue weighted by molar-refractivity contribution is 9.12. The SMILES string of the molecule is CSCC[C@H](C(=O)O)N1C(=O)[C@@H]2[C@@H]3C[C@@H]([C@H](Br)[C@@H]3Br)[C@@H]2C1=O. The molecule has 2 bridgehead atoms.